The lowest BCUT2D eigenvalue weighted by Crippen LogP contribution is -2.46. The molecule has 0 saturated carbocycles. The summed E-state index contributed by atoms with van der Waals surface area (Å²) in [5.41, 5.74) is 5.37. The third-order valence-corrected chi connectivity index (χ3v) is 5.39. The first kappa shape index (κ1) is 15.1. The Morgan fingerprint density at radius 3 is 2.65 bits per heavy atom. The predicted octanol–water partition coefficient (Wildman–Crippen LogP) is 3.17. The molecule has 4 rings (SSSR count). The minimum absolute atomic E-state index is 0.259. The number of nitrogens with zero attached hydrogens (tertiary/aromatic N) is 3. The monoisotopic (exact) mass is 327 g/mol. The van der Waals surface area contributed by atoms with E-state index in [-0.39, 0.29) is 6.04 Å². The summed E-state index contributed by atoms with van der Waals surface area (Å²) in [7, 11) is 2.20. The fourth-order valence-corrected chi connectivity index (χ4v) is 4.03. The molecule has 120 valence electrons. The predicted molar refractivity (Wildman–Crippen MR) is 94.0 cm³/mol. The van der Waals surface area contributed by atoms with Crippen LogP contribution in [-0.4, -0.2) is 48.0 Å². The second-order valence-electron chi connectivity index (χ2n) is 6.63. The largest absolute Gasteiger partial charge is 0.304 e. The zero-order chi connectivity index (χ0) is 15.8. The first-order chi connectivity index (χ1) is 11.2. The zero-order valence-corrected chi connectivity index (χ0v) is 14.3. The van der Waals surface area contributed by atoms with Gasteiger partial charge in [0.1, 0.15) is 0 Å². The molecule has 0 amide bonds. The number of halogens is 1. The van der Waals surface area contributed by atoms with Gasteiger partial charge in [-0.2, -0.15) is 0 Å². The van der Waals surface area contributed by atoms with Gasteiger partial charge in [0, 0.05) is 37.4 Å². The lowest BCUT2D eigenvalue weighted by atomic mass is 9.96. The van der Waals surface area contributed by atoms with Gasteiger partial charge < -0.3 is 4.90 Å². The fourth-order valence-electron chi connectivity index (χ4n) is 3.83. The molecule has 0 N–H and O–H groups in total. The molecule has 1 atom stereocenters. The van der Waals surface area contributed by atoms with E-state index in [4.69, 9.17) is 16.6 Å². The van der Waals surface area contributed by atoms with Crippen LogP contribution in [0.15, 0.2) is 36.5 Å². The number of hydrogen-bond donors (Lipinski definition) is 0. The summed E-state index contributed by atoms with van der Waals surface area (Å²) in [5, 5.41) is 0.833. The van der Waals surface area contributed by atoms with Crippen LogP contribution in [0.3, 0.4) is 0 Å². The van der Waals surface area contributed by atoms with Crippen molar-refractivity contribution in [2.45, 2.75) is 18.9 Å². The van der Waals surface area contributed by atoms with Crippen LogP contribution in [0.1, 0.15) is 28.4 Å². The minimum atomic E-state index is 0.259. The molecule has 0 unspecified atom stereocenters. The molecule has 1 aliphatic carbocycles. The van der Waals surface area contributed by atoms with Crippen molar-refractivity contribution in [3.05, 3.63) is 63.9 Å². The topological polar surface area (TPSA) is 19.4 Å². The fraction of sp³-hybridized carbons (Fsp3) is 0.421. The Bertz CT molecular complexity index is 708. The van der Waals surface area contributed by atoms with Crippen LogP contribution in [-0.2, 0) is 12.8 Å². The number of hydrogen-bond acceptors (Lipinski definition) is 3. The van der Waals surface area contributed by atoms with Gasteiger partial charge in [-0.1, -0.05) is 23.7 Å². The van der Waals surface area contributed by atoms with Gasteiger partial charge >= 0.3 is 0 Å². The number of pyridine rings is 1. The van der Waals surface area contributed by atoms with Crippen LogP contribution < -0.4 is 0 Å². The molecule has 1 fully saturated rings. The number of likely N-dealkylation sites (N-methyl/N-ethyl adjacent to an activating group) is 1. The Morgan fingerprint density at radius 2 is 1.83 bits per heavy atom. The molecule has 0 spiro atoms. The van der Waals surface area contributed by atoms with E-state index >= 15 is 0 Å². The highest BCUT2D eigenvalue weighted by Gasteiger charge is 2.31. The molecule has 23 heavy (non-hydrogen) atoms. The number of fused-ring (bicyclic) bond motifs is 2. The summed E-state index contributed by atoms with van der Waals surface area (Å²) >= 11 is 6.26. The van der Waals surface area contributed by atoms with Crippen LogP contribution in [0.5, 0.6) is 0 Å². The van der Waals surface area contributed by atoms with E-state index in [1.807, 2.05) is 12.3 Å². The summed E-state index contributed by atoms with van der Waals surface area (Å²) in [4.78, 5) is 9.77. The van der Waals surface area contributed by atoms with Gasteiger partial charge in [0.05, 0.1) is 11.7 Å². The van der Waals surface area contributed by atoms with Gasteiger partial charge in [-0.05, 0) is 54.8 Å². The Balaban J connectivity index is 1.81. The van der Waals surface area contributed by atoms with Crippen LogP contribution in [0, 0.1) is 0 Å². The first-order valence-corrected chi connectivity index (χ1v) is 8.75. The number of piperazine rings is 1. The SMILES string of the molecule is CN1CCN([C@H]2c3ccc(Cl)cc3CCc3cccnc32)CC1. The average Bonchev–Trinajstić information content (AvgIpc) is 2.72. The third-order valence-electron chi connectivity index (χ3n) is 5.15. The Morgan fingerprint density at radius 1 is 1.04 bits per heavy atom. The second kappa shape index (κ2) is 6.23. The van der Waals surface area contributed by atoms with E-state index in [1.165, 1.54) is 22.4 Å². The summed E-state index contributed by atoms with van der Waals surface area (Å²) in [6, 6.07) is 10.9. The molecular formula is C19H22ClN3. The number of aryl methyl sites for hydroxylation is 2. The van der Waals surface area contributed by atoms with Crippen molar-refractivity contribution in [1.29, 1.82) is 0 Å². The van der Waals surface area contributed by atoms with Gasteiger partial charge in [0.2, 0.25) is 0 Å². The van der Waals surface area contributed by atoms with Crippen molar-refractivity contribution in [2.75, 3.05) is 33.2 Å². The molecule has 2 aliphatic rings. The highest BCUT2D eigenvalue weighted by Crippen LogP contribution is 2.36. The summed E-state index contributed by atoms with van der Waals surface area (Å²) in [6.07, 6.45) is 4.02. The smallest absolute Gasteiger partial charge is 0.0782 e. The van der Waals surface area contributed by atoms with Crippen molar-refractivity contribution >= 4 is 11.6 Å². The van der Waals surface area contributed by atoms with E-state index in [9.17, 15) is 0 Å². The highest BCUT2D eigenvalue weighted by molar-refractivity contribution is 6.30. The molecule has 2 heterocycles. The van der Waals surface area contributed by atoms with Gasteiger partial charge in [-0.25, -0.2) is 0 Å². The highest BCUT2D eigenvalue weighted by atomic mass is 35.5. The molecule has 1 aromatic carbocycles. The summed E-state index contributed by atoms with van der Waals surface area (Å²) in [5.74, 6) is 0. The maximum atomic E-state index is 6.26. The molecule has 1 saturated heterocycles. The molecule has 1 aromatic heterocycles. The first-order valence-electron chi connectivity index (χ1n) is 8.37. The van der Waals surface area contributed by atoms with Crippen LogP contribution in [0.2, 0.25) is 5.02 Å². The van der Waals surface area contributed by atoms with Crippen molar-refractivity contribution in [2.24, 2.45) is 0 Å². The normalized spacial score (nSPS) is 22.3. The quantitative estimate of drug-likeness (QED) is 0.802. The van der Waals surface area contributed by atoms with Gasteiger partial charge in [0.15, 0.2) is 0 Å². The molecule has 3 nitrogen and oxygen atoms in total. The number of rotatable bonds is 1. The van der Waals surface area contributed by atoms with Crippen molar-refractivity contribution in [3.8, 4) is 0 Å². The van der Waals surface area contributed by atoms with Crippen molar-refractivity contribution < 1.29 is 0 Å². The Labute approximate surface area is 142 Å². The Hall–Kier alpha value is -1.42. The van der Waals surface area contributed by atoms with E-state index in [0.717, 1.165) is 44.0 Å². The Kier molecular flexibility index (Phi) is 4.10. The van der Waals surface area contributed by atoms with E-state index in [1.54, 1.807) is 0 Å². The van der Waals surface area contributed by atoms with E-state index in [2.05, 4.69) is 41.1 Å². The van der Waals surface area contributed by atoms with Crippen LogP contribution >= 0.6 is 11.6 Å². The van der Waals surface area contributed by atoms with E-state index < -0.39 is 0 Å². The zero-order valence-electron chi connectivity index (χ0n) is 13.5. The molecule has 1 aliphatic heterocycles. The van der Waals surface area contributed by atoms with Crippen molar-refractivity contribution in [1.82, 2.24) is 14.8 Å². The average molecular weight is 328 g/mol. The van der Waals surface area contributed by atoms with Crippen LogP contribution in [0.4, 0.5) is 0 Å². The molecule has 0 bridgehead atoms. The second-order valence-corrected chi connectivity index (χ2v) is 7.07. The lowest BCUT2D eigenvalue weighted by molar-refractivity contribution is 0.125. The van der Waals surface area contributed by atoms with Gasteiger partial charge in [0.25, 0.3) is 0 Å². The van der Waals surface area contributed by atoms with Crippen LogP contribution in [0.25, 0.3) is 0 Å². The summed E-state index contributed by atoms with van der Waals surface area (Å²) in [6.45, 7) is 4.39. The standard InChI is InChI=1S/C19H22ClN3/c1-22-9-11-23(12-10-22)19-17-7-6-16(20)13-15(17)5-4-14-3-2-8-21-18(14)19/h2-3,6-8,13,19H,4-5,9-12H2,1H3/t19-/m0/s1. The maximum Gasteiger partial charge on any atom is 0.0782 e. The van der Waals surface area contributed by atoms with Crippen molar-refractivity contribution in [3.63, 3.8) is 0 Å². The molecular weight excluding hydrogens is 306 g/mol. The number of benzene rings is 1. The minimum Gasteiger partial charge on any atom is -0.304 e. The van der Waals surface area contributed by atoms with E-state index in [0.29, 0.717) is 0 Å². The van der Waals surface area contributed by atoms with Gasteiger partial charge in [-0.15, -0.1) is 0 Å². The third kappa shape index (κ3) is 2.89. The molecule has 2 aromatic rings. The molecule has 4 heteroatoms. The summed E-state index contributed by atoms with van der Waals surface area (Å²) < 4.78 is 0. The lowest BCUT2D eigenvalue weighted by Gasteiger charge is -2.38. The maximum absolute atomic E-state index is 6.26. The molecule has 0 radical (unpaired) electrons. The number of aromatic nitrogens is 1. The van der Waals surface area contributed by atoms with Gasteiger partial charge in [-0.3, -0.25) is 9.88 Å².